The second-order valence-corrected chi connectivity index (χ2v) is 8.71. The van der Waals surface area contributed by atoms with Gasteiger partial charge in [0.25, 0.3) is 0 Å². The molecule has 0 atom stereocenters. The molecule has 0 fully saturated rings. The zero-order chi connectivity index (χ0) is 23.8. The first-order chi connectivity index (χ1) is 15.9. The number of para-hydroxylation sites is 2. The third-order valence-electron chi connectivity index (χ3n) is 4.72. The molecule has 0 saturated carbocycles. The van der Waals surface area contributed by atoms with Crippen LogP contribution in [0.2, 0.25) is 0 Å². The maximum absolute atomic E-state index is 13.5. The molecular formula is C24H26N2O6S. The van der Waals surface area contributed by atoms with Crippen molar-refractivity contribution in [3.8, 4) is 17.2 Å². The summed E-state index contributed by atoms with van der Waals surface area (Å²) in [6.45, 7) is 2.12. The quantitative estimate of drug-likeness (QED) is 0.462. The zero-order valence-corrected chi connectivity index (χ0v) is 19.4. The third-order valence-corrected chi connectivity index (χ3v) is 6.56. The molecular weight excluding hydrogens is 444 g/mol. The summed E-state index contributed by atoms with van der Waals surface area (Å²) in [4.78, 5) is 12.6. The number of nitrogens with one attached hydrogen (secondary N) is 2. The Morgan fingerprint density at radius 3 is 2.21 bits per heavy atom. The molecule has 0 unspecified atom stereocenters. The van der Waals surface area contributed by atoms with Gasteiger partial charge in [-0.15, -0.1) is 0 Å². The average Bonchev–Trinajstić information content (AvgIpc) is 2.84. The Labute approximate surface area is 193 Å². The van der Waals surface area contributed by atoms with E-state index in [1.54, 1.807) is 48.5 Å². The molecule has 3 aromatic carbocycles. The van der Waals surface area contributed by atoms with Gasteiger partial charge in [0.15, 0.2) is 11.5 Å². The van der Waals surface area contributed by atoms with E-state index in [0.29, 0.717) is 18.0 Å². The molecule has 2 N–H and O–H groups in total. The van der Waals surface area contributed by atoms with E-state index >= 15 is 0 Å². The normalized spacial score (nSPS) is 10.9. The molecule has 0 aliphatic carbocycles. The average molecular weight is 471 g/mol. The highest BCUT2D eigenvalue weighted by molar-refractivity contribution is 7.91. The van der Waals surface area contributed by atoms with E-state index in [-0.39, 0.29) is 39.4 Å². The summed E-state index contributed by atoms with van der Waals surface area (Å²) in [5.74, 6) is 0.480. The predicted molar refractivity (Wildman–Crippen MR) is 126 cm³/mol. The molecule has 3 aromatic rings. The number of methoxy groups -OCH3 is 2. The number of rotatable bonds is 10. The lowest BCUT2D eigenvalue weighted by atomic mass is 10.2. The van der Waals surface area contributed by atoms with Crippen LogP contribution in [0, 0.1) is 0 Å². The first-order valence-electron chi connectivity index (χ1n) is 10.2. The van der Waals surface area contributed by atoms with Gasteiger partial charge < -0.3 is 24.8 Å². The minimum atomic E-state index is -3.99. The van der Waals surface area contributed by atoms with E-state index in [4.69, 9.17) is 14.2 Å². The minimum absolute atomic E-state index is 0.0495. The number of anilines is 2. The number of ether oxygens (including phenoxy) is 3. The van der Waals surface area contributed by atoms with Gasteiger partial charge in [0.1, 0.15) is 10.6 Å². The molecule has 0 aliphatic heterocycles. The summed E-state index contributed by atoms with van der Waals surface area (Å²) in [5.41, 5.74) is 0.736. The molecule has 0 heterocycles. The van der Waals surface area contributed by atoms with Gasteiger partial charge in [-0.25, -0.2) is 8.42 Å². The number of carbonyl (C=O) groups excluding carboxylic acids is 1. The third kappa shape index (κ3) is 5.38. The fourth-order valence-electron chi connectivity index (χ4n) is 3.24. The monoisotopic (exact) mass is 470 g/mol. The summed E-state index contributed by atoms with van der Waals surface area (Å²) in [5, 5.41) is 5.69. The van der Waals surface area contributed by atoms with E-state index in [9.17, 15) is 13.2 Å². The van der Waals surface area contributed by atoms with Crippen LogP contribution in [0.5, 0.6) is 17.2 Å². The van der Waals surface area contributed by atoms with Crippen molar-refractivity contribution >= 4 is 27.1 Å². The SMILES string of the molecule is CCOc1ccccc1NC(=O)CNc1ccc(OC)c(OC)c1S(=O)(=O)c1ccccc1. The second kappa shape index (κ2) is 10.7. The summed E-state index contributed by atoms with van der Waals surface area (Å²) < 4.78 is 43.1. The number of hydrogen-bond donors (Lipinski definition) is 2. The van der Waals surface area contributed by atoms with Crippen molar-refractivity contribution in [2.75, 3.05) is 38.0 Å². The number of carbonyl (C=O) groups is 1. The molecule has 0 radical (unpaired) electrons. The topological polar surface area (TPSA) is 103 Å². The number of benzene rings is 3. The van der Waals surface area contributed by atoms with Crippen LogP contribution in [0.4, 0.5) is 11.4 Å². The smallest absolute Gasteiger partial charge is 0.243 e. The highest BCUT2D eigenvalue weighted by Gasteiger charge is 2.29. The van der Waals surface area contributed by atoms with Crippen molar-refractivity contribution < 1.29 is 27.4 Å². The Morgan fingerprint density at radius 2 is 1.55 bits per heavy atom. The van der Waals surface area contributed by atoms with Crippen molar-refractivity contribution in [1.29, 1.82) is 0 Å². The molecule has 33 heavy (non-hydrogen) atoms. The van der Waals surface area contributed by atoms with Crippen molar-refractivity contribution in [3.63, 3.8) is 0 Å². The first kappa shape index (κ1) is 23.9. The van der Waals surface area contributed by atoms with Gasteiger partial charge in [0, 0.05) is 0 Å². The van der Waals surface area contributed by atoms with Gasteiger partial charge >= 0.3 is 0 Å². The van der Waals surface area contributed by atoms with E-state index in [1.165, 1.54) is 26.4 Å². The molecule has 174 valence electrons. The maximum Gasteiger partial charge on any atom is 0.243 e. The highest BCUT2D eigenvalue weighted by Crippen LogP contribution is 2.42. The largest absolute Gasteiger partial charge is 0.493 e. The lowest BCUT2D eigenvalue weighted by Crippen LogP contribution is -2.23. The molecule has 1 amide bonds. The van der Waals surface area contributed by atoms with Gasteiger partial charge in [-0.3, -0.25) is 4.79 Å². The van der Waals surface area contributed by atoms with E-state index in [2.05, 4.69) is 10.6 Å². The molecule has 0 aromatic heterocycles. The summed E-state index contributed by atoms with van der Waals surface area (Å²) >= 11 is 0. The molecule has 8 nitrogen and oxygen atoms in total. The van der Waals surface area contributed by atoms with Crippen molar-refractivity contribution in [3.05, 3.63) is 66.7 Å². The Balaban J connectivity index is 1.92. The Bertz CT molecular complexity index is 1210. The van der Waals surface area contributed by atoms with E-state index < -0.39 is 9.84 Å². The number of amides is 1. The molecule has 0 spiro atoms. The van der Waals surface area contributed by atoms with Crippen molar-refractivity contribution in [2.45, 2.75) is 16.7 Å². The molecule has 0 saturated heterocycles. The first-order valence-corrected chi connectivity index (χ1v) is 11.7. The van der Waals surface area contributed by atoms with Crippen LogP contribution in [0.15, 0.2) is 76.5 Å². The van der Waals surface area contributed by atoms with Crippen LogP contribution in [0.25, 0.3) is 0 Å². The number of sulfone groups is 1. The van der Waals surface area contributed by atoms with Crippen LogP contribution < -0.4 is 24.8 Å². The Kier molecular flexibility index (Phi) is 7.78. The highest BCUT2D eigenvalue weighted by atomic mass is 32.2. The van der Waals surface area contributed by atoms with Crippen molar-refractivity contribution in [1.82, 2.24) is 0 Å². The molecule has 0 aliphatic rings. The van der Waals surface area contributed by atoms with Crippen molar-refractivity contribution in [2.24, 2.45) is 0 Å². The Hall–Kier alpha value is -3.72. The second-order valence-electron chi connectivity index (χ2n) is 6.83. The fourth-order valence-corrected chi connectivity index (χ4v) is 4.85. The lowest BCUT2D eigenvalue weighted by Gasteiger charge is -2.18. The van der Waals surface area contributed by atoms with Gasteiger partial charge in [-0.1, -0.05) is 30.3 Å². The Morgan fingerprint density at radius 1 is 0.848 bits per heavy atom. The minimum Gasteiger partial charge on any atom is -0.493 e. The van der Waals surface area contributed by atoms with Crippen LogP contribution in [0.1, 0.15) is 6.92 Å². The molecule has 3 rings (SSSR count). The lowest BCUT2D eigenvalue weighted by molar-refractivity contribution is -0.114. The standard InChI is InChI=1S/C24H26N2O6S/c1-4-32-20-13-9-8-12-18(20)26-22(27)16-25-19-14-15-21(30-2)23(31-3)24(19)33(28,29)17-10-6-5-7-11-17/h5-15,25H,4,16H2,1-3H3,(H,26,27). The van der Waals surface area contributed by atoms with Crippen LogP contribution in [-0.4, -0.2) is 41.7 Å². The maximum atomic E-state index is 13.5. The van der Waals surface area contributed by atoms with Crippen LogP contribution >= 0.6 is 0 Å². The van der Waals surface area contributed by atoms with Gasteiger partial charge in [-0.05, 0) is 43.3 Å². The fraction of sp³-hybridized carbons (Fsp3) is 0.208. The zero-order valence-electron chi connectivity index (χ0n) is 18.6. The molecule has 9 heteroatoms. The summed E-state index contributed by atoms with van der Waals surface area (Å²) in [7, 11) is -1.20. The predicted octanol–water partition coefficient (Wildman–Crippen LogP) is 3.99. The molecule has 0 bridgehead atoms. The summed E-state index contributed by atoms with van der Waals surface area (Å²) in [6.07, 6.45) is 0. The van der Waals surface area contributed by atoms with Gasteiger partial charge in [0.2, 0.25) is 15.7 Å². The van der Waals surface area contributed by atoms with E-state index in [0.717, 1.165) is 0 Å². The summed E-state index contributed by atoms with van der Waals surface area (Å²) in [6, 6.07) is 18.2. The van der Waals surface area contributed by atoms with Crippen LogP contribution in [-0.2, 0) is 14.6 Å². The van der Waals surface area contributed by atoms with E-state index in [1.807, 2.05) is 13.0 Å². The number of hydrogen-bond acceptors (Lipinski definition) is 7. The van der Waals surface area contributed by atoms with Gasteiger partial charge in [-0.2, -0.15) is 0 Å². The van der Waals surface area contributed by atoms with Gasteiger partial charge in [0.05, 0.1) is 43.6 Å². The van der Waals surface area contributed by atoms with Crippen LogP contribution in [0.3, 0.4) is 0 Å².